The van der Waals surface area contributed by atoms with E-state index in [-0.39, 0.29) is 23.8 Å². The van der Waals surface area contributed by atoms with Gasteiger partial charge in [-0.15, -0.1) is 0 Å². The van der Waals surface area contributed by atoms with Crippen LogP contribution >= 0.6 is 0 Å². The Bertz CT molecular complexity index is 740. The summed E-state index contributed by atoms with van der Waals surface area (Å²) in [5.74, 6) is 0.870. The van der Waals surface area contributed by atoms with E-state index in [1.165, 1.54) is 0 Å². The molecule has 2 aromatic heterocycles. The highest BCUT2D eigenvalue weighted by molar-refractivity contribution is 5.67. The Hall–Kier alpha value is -3.56. The summed E-state index contributed by atoms with van der Waals surface area (Å²) >= 11 is 0. The van der Waals surface area contributed by atoms with Crippen molar-refractivity contribution in [3.8, 4) is 22.8 Å². The van der Waals surface area contributed by atoms with Gasteiger partial charge in [0.05, 0.1) is 0 Å². The van der Waals surface area contributed by atoms with Gasteiger partial charge in [-0.1, -0.05) is 18.2 Å². The Morgan fingerprint density at radius 2 is 0.909 bits per heavy atom. The molecule has 8 N–H and O–H groups in total. The molecule has 0 radical (unpaired) electrons. The molecule has 0 bridgehead atoms. The van der Waals surface area contributed by atoms with Crippen molar-refractivity contribution >= 4 is 23.8 Å². The Morgan fingerprint density at radius 1 is 0.545 bits per heavy atom. The number of nitrogens with two attached hydrogens (primary N) is 4. The lowest BCUT2D eigenvalue weighted by molar-refractivity contribution is 1.08. The molecule has 0 aliphatic rings. The van der Waals surface area contributed by atoms with E-state index in [9.17, 15) is 0 Å². The number of aromatic nitrogens is 6. The Morgan fingerprint density at radius 3 is 1.27 bits per heavy atom. The molecule has 10 nitrogen and oxygen atoms in total. The molecule has 0 spiro atoms. The molecule has 0 saturated carbocycles. The first-order valence-corrected chi connectivity index (χ1v) is 6.16. The molecule has 3 aromatic rings. The van der Waals surface area contributed by atoms with Gasteiger partial charge in [-0.2, -0.15) is 29.9 Å². The second-order valence-electron chi connectivity index (χ2n) is 4.33. The summed E-state index contributed by atoms with van der Waals surface area (Å²) in [5.41, 5.74) is 23.7. The molecule has 0 saturated heterocycles. The van der Waals surface area contributed by atoms with Gasteiger partial charge in [0.25, 0.3) is 0 Å². The summed E-state index contributed by atoms with van der Waals surface area (Å²) < 4.78 is 0. The second kappa shape index (κ2) is 5.09. The van der Waals surface area contributed by atoms with Crippen molar-refractivity contribution in [3.05, 3.63) is 24.3 Å². The summed E-state index contributed by atoms with van der Waals surface area (Å²) in [4.78, 5) is 23.7. The number of hydrogen-bond donors (Lipinski definition) is 4. The quantitative estimate of drug-likeness (QED) is 0.490. The lowest BCUT2D eigenvalue weighted by Crippen LogP contribution is -2.05. The molecule has 0 aliphatic heterocycles. The minimum Gasteiger partial charge on any atom is -0.368 e. The van der Waals surface area contributed by atoms with Gasteiger partial charge in [0, 0.05) is 11.1 Å². The molecule has 1 aromatic carbocycles. The molecule has 110 valence electrons. The van der Waals surface area contributed by atoms with Crippen LogP contribution in [0.5, 0.6) is 0 Å². The predicted molar refractivity (Wildman–Crippen MR) is 81.7 cm³/mol. The number of hydrogen-bond acceptors (Lipinski definition) is 10. The van der Waals surface area contributed by atoms with E-state index in [1.54, 1.807) is 24.3 Å². The van der Waals surface area contributed by atoms with Crippen LogP contribution in [0.15, 0.2) is 24.3 Å². The lowest BCUT2D eigenvalue weighted by Gasteiger charge is -2.05. The second-order valence-corrected chi connectivity index (χ2v) is 4.33. The van der Waals surface area contributed by atoms with Crippen LogP contribution < -0.4 is 22.9 Å². The van der Waals surface area contributed by atoms with E-state index in [4.69, 9.17) is 22.9 Å². The maximum Gasteiger partial charge on any atom is 0.225 e. The molecule has 0 aliphatic carbocycles. The molecule has 0 amide bonds. The fraction of sp³-hybridized carbons (Fsp3) is 0. The highest BCUT2D eigenvalue weighted by atomic mass is 15.1. The Labute approximate surface area is 124 Å². The molecule has 22 heavy (non-hydrogen) atoms. The van der Waals surface area contributed by atoms with Crippen molar-refractivity contribution in [2.24, 2.45) is 0 Å². The van der Waals surface area contributed by atoms with Crippen LogP contribution in [0, 0.1) is 0 Å². The van der Waals surface area contributed by atoms with E-state index in [0.717, 1.165) is 0 Å². The molecule has 0 fully saturated rings. The summed E-state index contributed by atoms with van der Waals surface area (Å²) in [6.07, 6.45) is 0. The van der Waals surface area contributed by atoms with Gasteiger partial charge in [0.15, 0.2) is 11.6 Å². The van der Waals surface area contributed by atoms with E-state index >= 15 is 0 Å². The van der Waals surface area contributed by atoms with Crippen LogP contribution in [0.4, 0.5) is 23.8 Å². The fourth-order valence-corrected chi connectivity index (χ4v) is 1.87. The monoisotopic (exact) mass is 296 g/mol. The highest BCUT2D eigenvalue weighted by Gasteiger charge is 2.09. The van der Waals surface area contributed by atoms with Gasteiger partial charge in [-0.05, 0) is 6.07 Å². The van der Waals surface area contributed by atoms with Crippen molar-refractivity contribution in [2.45, 2.75) is 0 Å². The highest BCUT2D eigenvalue weighted by Crippen LogP contribution is 2.23. The van der Waals surface area contributed by atoms with Crippen LogP contribution in [0.3, 0.4) is 0 Å². The first-order valence-electron chi connectivity index (χ1n) is 6.16. The van der Waals surface area contributed by atoms with Gasteiger partial charge < -0.3 is 22.9 Å². The minimum atomic E-state index is 0.0431. The van der Waals surface area contributed by atoms with Gasteiger partial charge >= 0.3 is 0 Å². The Kier molecular flexibility index (Phi) is 3.10. The first-order chi connectivity index (χ1) is 10.5. The molecule has 0 atom stereocenters. The SMILES string of the molecule is Nc1nc(N)nc(-c2cccc(-c3nc(N)nc(N)n3)c2)n1. The maximum absolute atomic E-state index is 5.58. The van der Waals surface area contributed by atoms with Crippen molar-refractivity contribution in [3.63, 3.8) is 0 Å². The van der Waals surface area contributed by atoms with E-state index in [0.29, 0.717) is 22.8 Å². The minimum absolute atomic E-state index is 0.0431. The van der Waals surface area contributed by atoms with Crippen molar-refractivity contribution in [2.75, 3.05) is 22.9 Å². The van der Waals surface area contributed by atoms with E-state index in [1.807, 2.05) is 0 Å². The standard InChI is InChI=1S/C12H12N10/c13-9-17-7(18-10(14)21-9)5-2-1-3-6(4-5)8-19-11(15)22-12(16)20-8/h1-4H,(H4,13,14,17,18,21)(H4,15,16,19,20,22). The topological polar surface area (TPSA) is 181 Å². The third kappa shape index (κ3) is 2.65. The van der Waals surface area contributed by atoms with Gasteiger partial charge in [0.1, 0.15) is 0 Å². The largest absolute Gasteiger partial charge is 0.368 e. The third-order valence-electron chi connectivity index (χ3n) is 2.72. The number of rotatable bonds is 2. The third-order valence-corrected chi connectivity index (χ3v) is 2.72. The molecule has 3 rings (SSSR count). The number of anilines is 4. The number of nitrogen functional groups attached to an aromatic ring is 4. The summed E-state index contributed by atoms with van der Waals surface area (Å²) in [7, 11) is 0. The summed E-state index contributed by atoms with van der Waals surface area (Å²) in [6, 6.07) is 7.15. The average Bonchev–Trinajstić information content (AvgIpc) is 2.45. The normalized spacial score (nSPS) is 10.5. The zero-order valence-corrected chi connectivity index (χ0v) is 11.3. The fourth-order valence-electron chi connectivity index (χ4n) is 1.87. The van der Waals surface area contributed by atoms with Crippen molar-refractivity contribution in [1.82, 2.24) is 29.9 Å². The summed E-state index contributed by atoms with van der Waals surface area (Å²) in [6.45, 7) is 0. The molecule has 10 heteroatoms. The van der Waals surface area contributed by atoms with E-state index in [2.05, 4.69) is 29.9 Å². The maximum atomic E-state index is 5.58. The molecular weight excluding hydrogens is 284 g/mol. The average molecular weight is 296 g/mol. The zero-order chi connectivity index (χ0) is 15.7. The van der Waals surface area contributed by atoms with E-state index < -0.39 is 0 Å². The van der Waals surface area contributed by atoms with Crippen molar-refractivity contribution in [1.29, 1.82) is 0 Å². The zero-order valence-electron chi connectivity index (χ0n) is 11.3. The van der Waals surface area contributed by atoms with Crippen LogP contribution in [0.2, 0.25) is 0 Å². The smallest absolute Gasteiger partial charge is 0.225 e. The summed E-state index contributed by atoms with van der Waals surface area (Å²) in [5, 5.41) is 0. The van der Waals surface area contributed by atoms with Gasteiger partial charge in [0.2, 0.25) is 23.8 Å². The van der Waals surface area contributed by atoms with Crippen molar-refractivity contribution < 1.29 is 0 Å². The van der Waals surface area contributed by atoms with Gasteiger partial charge in [-0.3, -0.25) is 0 Å². The van der Waals surface area contributed by atoms with Crippen LogP contribution in [-0.2, 0) is 0 Å². The molecule has 2 heterocycles. The van der Waals surface area contributed by atoms with Gasteiger partial charge in [-0.25, -0.2) is 0 Å². The number of nitrogens with zero attached hydrogens (tertiary/aromatic N) is 6. The van der Waals surface area contributed by atoms with Crippen LogP contribution in [-0.4, -0.2) is 29.9 Å². The Balaban J connectivity index is 2.09. The van der Waals surface area contributed by atoms with Crippen LogP contribution in [0.1, 0.15) is 0 Å². The predicted octanol–water partition coefficient (Wildman–Crippen LogP) is -0.281. The lowest BCUT2D eigenvalue weighted by atomic mass is 10.1. The first kappa shape index (κ1) is 13.4. The molecule has 0 unspecified atom stereocenters. The van der Waals surface area contributed by atoms with Crippen LogP contribution in [0.25, 0.3) is 22.8 Å². The molecular formula is C12H12N10. The number of benzene rings is 1.